The number of hydrogen-bond donors (Lipinski definition) is 2. The Hall–Kier alpha value is -4.16. The van der Waals surface area contributed by atoms with Crippen molar-refractivity contribution >= 4 is 35.2 Å². The lowest BCUT2D eigenvalue weighted by atomic mass is 9.93. The van der Waals surface area contributed by atoms with Gasteiger partial charge in [-0.25, -0.2) is 29.3 Å². The Morgan fingerprint density at radius 1 is 1.14 bits per heavy atom. The van der Waals surface area contributed by atoms with E-state index >= 15 is 0 Å². The molecule has 1 aliphatic carbocycles. The van der Waals surface area contributed by atoms with E-state index in [2.05, 4.69) is 30.6 Å². The molecule has 13 heteroatoms. The van der Waals surface area contributed by atoms with E-state index in [9.17, 15) is 9.59 Å². The number of ether oxygens (including phenoxy) is 2. The number of carbonyl (C=O) groups excluding carboxylic acids is 1. The highest BCUT2D eigenvalue weighted by atomic mass is 35.5. The normalized spacial score (nSPS) is 16.1. The number of fused-ring (bicyclic) bond motifs is 3. The first-order valence-corrected chi connectivity index (χ1v) is 11.5. The molecule has 37 heavy (non-hydrogen) atoms. The third-order valence-corrected chi connectivity index (χ3v) is 6.25. The third kappa shape index (κ3) is 4.80. The van der Waals surface area contributed by atoms with E-state index in [0.717, 1.165) is 36.2 Å². The van der Waals surface area contributed by atoms with E-state index in [1.807, 2.05) is 12.1 Å². The van der Waals surface area contributed by atoms with Gasteiger partial charge in [0.2, 0.25) is 17.7 Å². The topological polar surface area (TPSA) is 146 Å². The van der Waals surface area contributed by atoms with Crippen molar-refractivity contribution in [2.75, 3.05) is 19.0 Å². The predicted octanol–water partition coefficient (Wildman–Crippen LogP) is 1.37. The molecule has 0 saturated carbocycles. The standard InChI is InChI=1S/C24H22N8O4.ClH/c1-35-19-7-6-17-22(31-19)32(20(33)11-26-17)24-28-9-13-8-14(2-4-16(13)30-24)25-10-15-3-5-18-23(29-15)36-21(34)12-27-18;/h3,5-7,9,11,14,25,27H,2,4,8,10,12H2,1H3;1H. The van der Waals surface area contributed by atoms with E-state index in [1.165, 1.54) is 17.9 Å². The summed E-state index contributed by atoms with van der Waals surface area (Å²) in [4.78, 5) is 46.4. The van der Waals surface area contributed by atoms with Gasteiger partial charge in [0.25, 0.3) is 5.56 Å². The van der Waals surface area contributed by atoms with Crippen LogP contribution in [0.2, 0.25) is 0 Å². The molecule has 2 N–H and O–H groups in total. The molecule has 12 nitrogen and oxygen atoms in total. The van der Waals surface area contributed by atoms with Crippen LogP contribution in [0.4, 0.5) is 5.69 Å². The Balaban J connectivity index is 0.00000280. The molecule has 6 rings (SSSR count). The van der Waals surface area contributed by atoms with Crippen molar-refractivity contribution < 1.29 is 14.3 Å². The highest BCUT2D eigenvalue weighted by Crippen LogP contribution is 2.26. The number of esters is 1. The molecule has 0 radical (unpaired) electrons. The maximum Gasteiger partial charge on any atom is 0.332 e. The monoisotopic (exact) mass is 522 g/mol. The Bertz CT molecular complexity index is 1560. The molecular weight excluding hydrogens is 500 g/mol. The average Bonchev–Trinajstić information content (AvgIpc) is 2.91. The summed E-state index contributed by atoms with van der Waals surface area (Å²) in [5.74, 6) is 0.602. The fourth-order valence-corrected chi connectivity index (χ4v) is 4.41. The van der Waals surface area contributed by atoms with Crippen LogP contribution in [0.25, 0.3) is 17.1 Å². The summed E-state index contributed by atoms with van der Waals surface area (Å²) in [7, 11) is 1.51. The van der Waals surface area contributed by atoms with E-state index in [0.29, 0.717) is 35.2 Å². The van der Waals surface area contributed by atoms with Crippen LogP contribution in [0, 0.1) is 0 Å². The summed E-state index contributed by atoms with van der Waals surface area (Å²) < 4.78 is 11.8. The molecule has 4 aromatic heterocycles. The maximum absolute atomic E-state index is 12.7. The number of methoxy groups -OCH3 is 1. The van der Waals surface area contributed by atoms with Crippen LogP contribution in [0.15, 0.2) is 41.5 Å². The van der Waals surface area contributed by atoms with Crippen molar-refractivity contribution in [2.45, 2.75) is 31.8 Å². The van der Waals surface area contributed by atoms with Crippen molar-refractivity contribution in [1.29, 1.82) is 0 Å². The number of aromatic nitrogens is 6. The molecule has 1 atom stereocenters. The first kappa shape index (κ1) is 24.5. The Labute approximate surface area is 216 Å². The number of hydrogen-bond acceptors (Lipinski definition) is 11. The SMILES string of the molecule is COc1ccc2ncc(=O)n(-c3ncc4c(n3)CCC(NCc3ccc5c(n3)OC(=O)CN5)C4)c2n1.Cl. The largest absolute Gasteiger partial charge is 0.481 e. The lowest BCUT2D eigenvalue weighted by Crippen LogP contribution is -2.35. The number of pyridine rings is 2. The molecule has 0 saturated heterocycles. The zero-order valence-corrected chi connectivity index (χ0v) is 20.6. The van der Waals surface area contributed by atoms with Crippen LogP contribution in [0.3, 0.4) is 0 Å². The van der Waals surface area contributed by atoms with Gasteiger partial charge in [-0.3, -0.25) is 4.79 Å². The van der Waals surface area contributed by atoms with E-state index in [-0.39, 0.29) is 42.5 Å². The summed E-state index contributed by atoms with van der Waals surface area (Å²) >= 11 is 0. The number of rotatable bonds is 5. The van der Waals surface area contributed by atoms with Crippen molar-refractivity contribution in [2.24, 2.45) is 0 Å². The van der Waals surface area contributed by atoms with E-state index in [4.69, 9.17) is 14.5 Å². The van der Waals surface area contributed by atoms with Gasteiger partial charge in [0.1, 0.15) is 12.1 Å². The van der Waals surface area contributed by atoms with Crippen LogP contribution < -0.4 is 25.7 Å². The lowest BCUT2D eigenvalue weighted by molar-refractivity contribution is -0.133. The lowest BCUT2D eigenvalue weighted by Gasteiger charge is -2.25. The van der Waals surface area contributed by atoms with Crippen LogP contribution in [-0.4, -0.2) is 55.2 Å². The quantitative estimate of drug-likeness (QED) is 0.366. The number of nitrogens with zero attached hydrogens (tertiary/aromatic N) is 6. The number of aryl methyl sites for hydroxylation is 1. The van der Waals surface area contributed by atoms with Crippen LogP contribution in [0.5, 0.6) is 11.8 Å². The predicted molar refractivity (Wildman–Crippen MR) is 136 cm³/mol. The molecule has 1 unspecified atom stereocenters. The minimum Gasteiger partial charge on any atom is -0.481 e. The number of nitrogens with one attached hydrogen (secondary N) is 2. The van der Waals surface area contributed by atoms with Gasteiger partial charge < -0.3 is 20.1 Å². The summed E-state index contributed by atoms with van der Waals surface area (Å²) in [5.41, 5.74) is 3.95. The molecule has 190 valence electrons. The number of halogens is 1. The van der Waals surface area contributed by atoms with Crippen molar-refractivity contribution in [3.05, 3.63) is 64.0 Å². The molecule has 2 aliphatic rings. The van der Waals surface area contributed by atoms with Gasteiger partial charge in [-0.1, -0.05) is 0 Å². The van der Waals surface area contributed by atoms with Gasteiger partial charge in [-0.2, -0.15) is 4.98 Å². The van der Waals surface area contributed by atoms with Crippen molar-refractivity contribution in [1.82, 2.24) is 34.8 Å². The summed E-state index contributed by atoms with van der Waals surface area (Å²) in [6.07, 6.45) is 5.35. The minimum atomic E-state index is -0.364. The van der Waals surface area contributed by atoms with Crippen LogP contribution >= 0.6 is 12.4 Å². The smallest absolute Gasteiger partial charge is 0.332 e. The second-order valence-electron chi connectivity index (χ2n) is 8.57. The second-order valence-corrected chi connectivity index (χ2v) is 8.57. The fourth-order valence-electron chi connectivity index (χ4n) is 4.41. The molecule has 0 spiro atoms. The molecule has 0 bridgehead atoms. The highest BCUT2D eigenvalue weighted by molar-refractivity contribution is 5.85. The average molecular weight is 523 g/mol. The van der Waals surface area contributed by atoms with Gasteiger partial charge in [-0.15, -0.1) is 12.4 Å². The van der Waals surface area contributed by atoms with Gasteiger partial charge >= 0.3 is 5.97 Å². The summed E-state index contributed by atoms with van der Waals surface area (Å²) in [5, 5.41) is 6.51. The zero-order chi connectivity index (χ0) is 24.6. The van der Waals surface area contributed by atoms with Crippen LogP contribution in [-0.2, 0) is 24.2 Å². The number of carbonyl (C=O) groups is 1. The Kier molecular flexibility index (Phi) is 6.68. The Morgan fingerprint density at radius 3 is 2.89 bits per heavy atom. The van der Waals surface area contributed by atoms with E-state index < -0.39 is 0 Å². The second kappa shape index (κ2) is 10.1. The molecule has 0 aromatic carbocycles. The fraction of sp³-hybridized carbons (Fsp3) is 0.292. The van der Waals surface area contributed by atoms with E-state index in [1.54, 1.807) is 18.3 Å². The summed E-state index contributed by atoms with van der Waals surface area (Å²) in [6, 6.07) is 7.41. The third-order valence-electron chi connectivity index (χ3n) is 6.25. The summed E-state index contributed by atoms with van der Waals surface area (Å²) in [6.45, 7) is 0.684. The van der Waals surface area contributed by atoms with Crippen molar-refractivity contribution in [3.8, 4) is 17.7 Å². The molecular formula is C24H23ClN8O4. The van der Waals surface area contributed by atoms with Gasteiger partial charge in [0.05, 0.1) is 24.7 Å². The van der Waals surface area contributed by atoms with Crippen molar-refractivity contribution in [3.63, 3.8) is 0 Å². The highest BCUT2D eigenvalue weighted by Gasteiger charge is 2.23. The van der Waals surface area contributed by atoms with Gasteiger partial charge in [0, 0.05) is 30.5 Å². The number of anilines is 1. The van der Waals surface area contributed by atoms with Crippen LogP contribution in [0.1, 0.15) is 23.4 Å². The molecule has 0 amide bonds. The minimum absolute atomic E-state index is 0. The molecule has 5 heterocycles. The molecule has 1 aliphatic heterocycles. The maximum atomic E-state index is 12.7. The molecule has 4 aromatic rings. The molecule has 0 fully saturated rings. The Morgan fingerprint density at radius 2 is 2.03 bits per heavy atom. The first-order chi connectivity index (χ1) is 17.6. The van der Waals surface area contributed by atoms with Gasteiger partial charge in [0.15, 0.2) is 5.65 Å². The van der Waals surface area contributed by atoms with Gasteiger partial charge in [-0.05, 0) is 43.0 Å². The first-order valence-electron chi connectivity index (χ1n) is 11.5. The zero-order valence-electron chi connectivity index (χ0n) is 19.8.